The van der Waals surface area contributed by atoms with Crippen molar-refractivity contribution in [3.8, 4) is 0 Å². The van der Waals surface area contributed by atoms with Crippen LogP contribution in [0.25, 0.3) is 0 Å². The first kappa shape index (κ1) is 23.7. The van der Waals surface area contributed by atoms with Gasteiger partial charge in [0.25, 0.3) is 0 Å². The van der Waals surface area contributed by atoms with Crippen LogP contribution in [0.4, 0.5) is 0 Å². The number of aryl methyl sites for hydroxylation is 1. The summed E-state index contributed by atoms with van der Waals surface area (Å²) in [6.45, 7) is 12.7. The van der Waals surface area contributed by atoms with E-state index < -0.39 is 0 Å². The van der Waals surface area contributed by atoms with Crippen LogP contribution in [0.2, 0.25) is 0 Å². The highest BCUT2D eigenvalue weighted by Gasteiger charge is 2.19. The molecule has 164 valence electrons. The Labute approximate surface area is 178 Å². The smallest absolute Gasteiger partial charge is 0.191 e. The highest BCUT2D eigenvalue weighted by Crippen LogP contribution is 2.15. The molecule has 1 heterocycles. The van der Waals surface area contributed by atoms with Crippen molar-refractivity contribution in [2.75, 3.05) is 46.4 Å². The van der Waals surface area contributed by atoms with Crippen LogP contribution in [0.5, 0.6) is 0 Å². The maximum atomic E-state index is 5.16. The molecule has 0 spiro atoms. The van der Waals surface area contributed by atoms with Gasteiger partial charge in [0.15, 0.2) is 5.96 Å². The van der Waals surface area contributed by atoms with Crippen molar-refractivity contribution in [2.45, 2.75) is 64.8 Å². The fourth-order valence-electron chi connectivity index (χ4n) is 3.79. The van der Waals surface area contributed by atoms with E-state index in [2.05, 4.69) is 60.6 Å². The molecule has 1 aromatic rings. The minimum atomic E-state index is 0.523. The molecular formula is C24H42N4O. The van der Waals surface area contributed by atoms with Crippen molar-refractivity contribution in [2.24, 2.45) is 4.99 Å². The lowest BCUT2D eigenvalue weighted by atomic mass is 10.0. The van der Waals surface area contributed by atoms with E-state index in [0.717, 1.165) is 64.6 Å². The Kier molecular flexibility index (Phi) is 11.1. The van der Waals surface area contributed by atoms with Crippen molar-refractivity contribution in [1.29, 1.82) is 0 Å². The number of methoxy groups -OCH3 is 1. The monoisotopic (exact) mass is 402 g/mol. The lowest BCUT2D eigenvalue weighted by molar-refractivity contribution is 0.155. The van der Waals surface area contributed by atoms with Crippen LogP contribution in [0.3, 0.4) is 0 Å². The van der Waals surface area contributed by atoms with Crippen molar-refractivity contribution >= 4 is 5.96 Å². The summed E-state index contributed by atoms with van der Waals surface area (Å²) >= 11 is 0. The summed E-state index contributed by atoms with van der Waals surface area (Å²) < 4.78 is 5.16. The second-order valence-electron chi connectivity index (χ2n) is 8.37. The molecule has 0 amide bonds. The molecule has 0 unspecified atom stereocenters. The van der Waals surface area contributed by atoms with Gasteiger partial charge in [0.1, 0.15) is 0 Å². The maximum Gasteiger partial charge on any atom is 0.191 e. The summed E-state index contributed by atoms with van der Waals surface area (Å²) in [4.78, 5) is 7.36. The second kappa shape index (κ2) is 13.6. The molecule has 1 saturated heterocycles. The van der Waals surface area contributed by atoms with E-state index >= 15 is 0 Å². The number of nitrogens with zero attached hydrogens (tertiary/aromatic N) is 2. The lowest BCUT2D eigenvalue weighted by Crippen LogP contribution is -2.48. The number of guanidine groups is 1. The van der Waals surface area contributed by atoms with Crippen molar-refractivity contribution in [3.63, 3.8) is 0 Å². The number of ether oxygens (including phenoxy) is 1. The summed E-state index contributed by atoms with van der Waals surface area (Å²) in [6.07, 6.45) is 5.65. The summed E-state index contributed by atoms with van der Waals surface area (Å²) in [5, 5.41) is 7.06. The van der Waals surface area contributed by atoms with E-state index in [1.54, 1.807) is 7.11 Å². The van der Waals surface area contributed by atoms with Gasteiger partial charge in [-0.1, -0.05) is 38.1 Å². The molecule has 0 aliphatic carbocycles. The average Bonchev–Trinajstić information content (AvgIpc) is 2.73. The average molecular weight is 403 g/mol. The van der Waals surface area contributed by atoms with Gasteiger partial charge in [-0.15, -0.1) is 0 Å². The van der Waals surface area contributed by atoms with Gasteiger partial charge in [-0.05, 0) is 56.1 Å². The molecule has 1 aliphatic rings. The second-order valence-corrected chi connectivity index (χ2v) is 8.37. The van der Waals surface area contributed by atoms with Crippen LogP contribution in [0.15, 0.2) is 29.3 Å². The van der Waals surface area contributed by atoms with Crippen LogP contribution in [-0.2, 0) is 11.2 Å². The molecule has 0 saturated carbocycles. The number of nitrogens with one attached hydrogen (secondary N) is 2. The molecule has 0 bridgehead atoms. The van der Waals surface area contributed by atoms with Crippen LogP contribution in [0, 0.1) is 0 Å². The Morgan fingerprint density at radius 1 is 1.17 bits per heavy atom. The minimum absolute atomic E-state index is 0.523. The van der Waals surface area contributed by atoms with Gasteiger partial charge in [0, 0.05) is 52.5 Å². The van der Waals surface area contributed by atoms with Gasteiger partial charge in [0.2, 0.25) is 0 Å². The van der Waals surface area contributed by atoms with Crippen molar-refractivity contribution < 1.29 is 4.74 Å². The third-order valence-electron chi connectivity index (χ3n) is 5.64. The van der Waals surface area contributed by atoms with Crippen LogP contribution in [0.1, 0.15) is 63.5 Å². The first-order valence-electron chi connectivity index (χ1n) is 11.5. The van der Waals surface area contributed by atoms with Crippen molar-refractivity contribution in [1.82, 2.24) is 15.5 Å². The summed E-state index contributed by atoms with van der Waals surface area (Å²) in [5.74, 6) is 1.57. The summed E-state index contributed by atoms with van der Waals surface area (Å²) in [7, 11) is 1.78. The van der Waals surface area contributed by atoms with E-state index in [0.29, 0.717) is 12.0 Å². The normalized spacial score (nSPS) is 16.4. The van der Waals surface area contributed by atoms with Gasteiger partial charge in [-0.25, -0.2) is 0 Å². The molecule has 0 radical (unpaired) electrons. The third kappa shape index (κ3) is 9.18. The van der Waals surface area contributed by atoms with Gasteiger partial charge < -0.3 is 20.3 Å². The highest BCUT2D eigenvalue weighted by molar-refractivity contribution is 5.80. The van der Waals surface area contributed by atoms with Crippen molar-refractivity contribution in [3.05, 3.63) is 35.4 Å². The summed E-state index contributed by atoms with van der Waals surface area (Å²) in [5.41, 5.74) is 2.82. The number of hydrogen-bond acceptors (Lipinski definition) is 3. The largest absolute Gasteiger partial charge is 0.385 e. The molecule has 1 fully saturated rings. The minimum Gasteiger partial charge on any atom is -0.385 e. The quantitative estimate of drug-likeness (QED) is 0.336. The van der Waals surface area contributed by atoms with Gasteiger partial charge in [0.05, 0.1) is 0 Å². The van der Waals surface area contributed by atoms with Crippen LogP contribution >= 0.6 is 0 Å². The Morgan fingerprint density at radius 2 is 1.90 bits per heavy atom. The van der Waals surface area contributed by atoms with Gasteiger partial charge >= 0.3 is 0 Å². The first-order chi connectivity index (χ1) is 14.1. The predicted molar refractivity (Wildman–Crippen MR) is 124 cm³/mol. The van der Waals surface area contributed by atoms with E-state index in [9.17, 15) is 0 Å². The predicted octanol–water partition coefficient (Wildman–Crippen LogP) is 3.80. The molecule has 0 atom stereocenters. The Morgan fingerprint density at radius 3 is 2.52 bits per heavy atom. The number of likely N-dealkylation sites (tertiary alicyclic amines) is 1. The van der Waals surface area contributed by atoms with E-state index in [4.69, 9.17) is 9.73 Å². The molecule has 2 rings (SSSR count). The van der Waals surface area contributed by atoms with Crippen LogP contribution < -0.4 is 10.6 Å². The lowest BCUT2D eigenvalue weighted by Gasteiger charge is -2.33. The van der Waals surface area contributed by atoms with E-state index in [-0.39, 0.29) is 0 Å². The zero-order valence-electron chi connectivity index (χ0n) is 19.0. The SMILES string of the molecule is CCNC(=NCCCc1ccc(C(C)C)cc1)NC1CCN(CCCOC)CC1. The number of benzene rings is 1. The standard InChI is InChI=1S/C24H42N4O/c1-5-25-24(27-23-13-17-28(18-14-23)16-7-19-29-4)26-15-6-8-21-9-11-22(12-10-21)20(2)3/h9-12,20,23H,5-8,13-19H2,1-4H3,(H2,25,26,27). The summed E-state index contributed by atoms with van der Waals surface area (Å²) in [6, 6.07) is 9.58. The number of hydrogen-bond donors (Lipinski definition) is 2. The van der Waals surface area contributed by atoms with Gasteiger partial charge in [-0.2, -0.15) is 0 Å². The Bertz CT molecular complexity index is 577. The fourth-order valence-corrected chi connectivity index (χ4v) is 3.79. The Hall–Kier alpha value is -1.59. The molecule has 1 aromatic carbocycles. The highest BCUT2D eigenvalue weighted by atomic mass is 16.5. The first-order valence-corrected chi connectivity index (χ1v) is 11.5. The zero-order valence-corrected chi connectivity index (χ0v) is 19.0. The maximum absolute atomic E-state index is 5.16. The molecular weight excluding hydrogens is 360 g/mol. The number of aliphatic imine (C=N–C) groups is 1. The topological polar surface area (TPSA) is 48.9 Å². The molecule has 29 heavy (non-hydrogen) atoms. The van der Waals surface area contributed by atoms with E-state index in [1.807, 2.05) is 0 Å². The number of piperidine rings is 1. The Balaban J connectivity index is 1.71. The number of rotatable bonds is 11. The molecule has 0 aromatic heterocycles. The molecule has 5 heteroatoms. The van der Waals surface area contributed by atoms with E-state index in [1.165, 1.54) is 24.0 Å². The van der Waals surface area contributed by atoms with Crippen LogP contribution in [-0.4, -0.2) is 63.3 Å². The molecule has 5 nitrogen and oxygen atoms in total. The zero-order chi connectivity index (χ0) is 20.9. The molecule has 2 N–H and O–H groups in total. The fraction of sp³-hybridized carbons (Fsp3) is 0.708. The third-order valence-corrected chi connectivity index (χ3v) is 5.64. The van der Waals surface area contributed by atoms with Gasteiger partial charge in [-0.3, -0.25) is 4.99 Å². The molecule has 1 aliphatic heterocycles.